The first-order chi connectivity index (χ1) is 12.8. The smallest absolute Gasteiger partial charge is 0.237 e. The highest BCUT2D eigenvalue weighted by Gasteiger charge is 2.48. The Hall–Kier alpha value is -2.21. The van der Waals surface area contributed by atoms with Crippen molar-refractivity contribution in [1.29, 1.82) is 0 Å². The molecule has 0 spiro atoms. The summed E-state index contributed by atoms with van der Waals surface area (Å²) in [6.07, 6.45) is 5.26. The van der Waals surface area contributed by atoms with Crippen molar-refractivity contribution < 1.29 is 17.6 Å². The van der Waals surface area contributed by atoms with Gasteiger partial charge in [-0.25, -0.2) is 12.8 Å². The Labute approximate surface area is 158 Å². The predicted octanol–water partition coefficient (Wildman–Crippen LogP) is 3.63. The Morgan fingerprint density at radius 1 is 1.07 bits per heavy atom. The van der Waals surface area contributed by atoms with Crippen LogP contribution >= 0.6 is 0 Å². The van der Waals surface area contributed by atoms with Gasteiger partial charge in [-0.05, 0) is 61.1 Å². The SMILES string of the molecule is CS(=O)(=O)c1ccc2c(c1)N(C(=O)C1(c3ccc(F)cc3)CCC1)CCC2. The Morgan fingerprint density at radius 2 is 1.78 bits per heavy atom. The molecule has 1 aliphatic carbocycles. The molecule has 27 heavy (non-hydrogen) atoms. The summed E-state index contributed by atoms with van der Waals surface area (Å²) in [7, 11) is -3.35. The number of anilines is 1. The van der Waals surface area contributed by atoms with Crippen molar-refractivity contribution in [2.75, 3.05) is 17.7 Å². The summed E-state index contributed by atoms with van der Waals surface area (Å²) in [6, 6.07) is 11.2. The number of aryl methyl sites for hydroxylation is 1. The van der Waals surface area contributed by atoms with Gasteiger partial charge < -0.3 is 4.90 Å². The second-order valence-electron chi connectivity index (χ2n) is 7.57. The van der Waals surface area contributed by atoms with Gasteiger partial charge in [-0.15, -0.1) is 0 Å². The Bertz CT molecular complexity index is 995. The number of carbonyl (C=O) groups excluding carboxylic acids is 1. The molecule has 0 radical (unpaired) electrons. The summed E-state index contributed by atoms with van der Waals surface area (Å²) >= 11 is 0. The lowest BCUT2D eigenvalue weighted by Gasteiger charge is -2.45. The molecule has 142 valence electrons. The van der Waals surface area contributed by atoms with Gasteiger partial charge in [0.05, 0.1) is 10.3 Å². The third-order valence-corrected chi connectivity index (χ3v) is 6.97. The van der Waals surface area contributed by atoms with Gasteiger partial charge in [-0.1, -0.05) is 24.6 Å². The van der Waals surface area contributed by atoms with Gasteiger partial charge in [-0.3, -0.25) is 4.79 Å². The zero-order valence-corrected chi connectivity index (χ0v) is 16.1. The summed E-state index contributed by atoms with van der Waals surface area (Å²) in [5.74, 6) is -0.325. The second kappa shape index (κ2) is 6.44. The van der Waals surface area contributed by atoms with Crippen LogP contribution in [-0.4, -0.2) is 27.1 Å². The van der Waals surface area contributed by atoms with E-state index < -0.39 is 15.3 Å². The Morgan fingerprint density at radius 3 is 2.37 bits per heavy atom. The highest BCUT2D eigenvalue weighted by atomic mass is 32.2. The summed E-state index contributed by atoms with van der Waals surface area (Å²) in [4.78, 5) is 15.6. The molecule has 1 aliphatic heterocycles. The predicted molar refractivity (Wildman–Crippen MR) is 102 cm³/mol. The summed E-state index contributed by atoms with van der Waals surface area (Å²) in [5.41, 5.74) is 1.90. The number of carbonyl (C=O) groups is 1. The van der Waals surface area contributed by atoms with Crippen molar-refractivity contribution in [3.8, 4) is 0 Å². The molecular weight excluding hydrogens is 365 g/mol. The summed E-state index contributed by atoms with van der Waals surface area (Å²) in [6.45, 7) is 0.571. The van der Waals surface area contributed by atoms with Crippen molar-refractivity contribution >= 4 is 21.4 Å². The number of amides is 1. The van der Waals surface area contributed by atoms with Gasteiger partial charge in [0.15, 0.2) is 9.84 Å². The van der Waals surface area contributed by atoms with E-state index in [-0.39, 0.29) is 16.6 Å². The normalized spacial score (nSPS) is 18.5. The van der Waals surface area contributed by atoms with E-state index in [1.54, 1.807) is 29.2 Å². The van der Waals surface area contributed by atoms with Crippen molar-refractivity contribution in [3.63, 3.8) is 0 Å². The quantitative estimate of drug-likeness (QED) is 0.808. The van der Waals surface area contributed by atoms with Crippen LogP contribution in [-0.2, 0) is 26.5 Å². The fraction of sp³-hybridized carbons (Fsp3) is 0.381. The number of nitrogens with zero attached hydrogens (tertiary/aromatic N) is 1. The first-order valence-corrected chi connectivity index (χ1v) is 11.1. The van der Waals surface area contributed by atoms with Gasteiger partial charge in [0.2, 0.25) is 5.91 Å². The Kier molecular flexibility index (Phi) is 4.34. The largest absolute Gasteiger partial charge is 0.311 e. The van der Waals surface area contributed by atoms with E-state index in [2.05, 4.69) is 0 Å². The molecule has 0 unspecified atom stereocenters. The minimum absolute atomic E-state index is 0.00745. The average Bonchev–Trinajstić information content (AvgIpc) is 2.60. The lowest BCUT2D eigenvalue weighted by molar-refractivity contribution is -0.127. The molecule has 1 fully saturated rings. The number of rotatable bonds is 3. The number of sulfone groups is 1. The van der Waals surface area contributed by atoms with Crippen LogP contribution in [0.1, 0.15) is 36.8 Å². The number of benzene rings is 2. The van der Waals surface area contributed by atoms with Crippen molar-refractivity contribution in [3.05, 3.63) is 59.4 Å². The Balaban J connectivity index is 1.76. The van der Waals surface area contributed by atoms with E-state index in [1.807, 2.05) is 6.07 Å². The monoisotopic (exact) mass is 387 g/mol. The van der Waals surface area contributed by atoms with Crippen LogP contribution in [0.2, 0.25) is 0 Å². The molecule has 2 aromatic rings. The van der Waals surface area contributed by atoms with Gasteiger partial charge in [0, 0.05) is 18.5 Å². The fourth-order valence-electron chi connectivity index (χ4n) is 4.18. The second-order valence-corrected chi connectivity index (χ2v) is 9.58. The fourth-order valence-corrected chi connectivity index (χ4v) is 4.82. The number of hydrogen-bond donors (Lipinski definition) is 0. The van der Waals surface area contributed by atoms with Crippen LogP contribution < -0.4 is 4.90 Å². The molecule has 0 N–H and O–H groups in total. The molecule has 0 saturated heterocycles. The van der Waals surface area contributed by atoms with Crippen LogP contribution in [0.4, 0.5) is 10.1 Å². The number of halogens is 1. The van der Waals surface area contributed by atoms with Crippen LogP contribution in [0.15, 0.2) is 47.4 Å². The first kappa shape index (κ1) is 18.2. The van der Waals surface area contributed by atoms with Crippen molar-refractivity contribution in [2.24, 2.45) is 0 Å². The van der Waals surface area contributed by atoms with Crippen molar-refractivity contribution in [2.45, 2.75) is 42.4 Å². The minimum Gasteiger partial charge on any atom is -0.311 e. The van der Waals surface area contributed by atoms with E-state index in [9.17, 15) is 17.6 Å². The molecule has 4 nitrogen and oxygen atoms in total. The van der Waals surface area contributed by atoms with Gasteiger partial charge in [-0.2, -0.15) is 0 Å². The highest BCUT2D eigenvalue weighted by molar-refractivity contribution is 7.90. The van der Waals surface area contributed by atoms with E-state index in [0.717, 1.165) is 43.2 Å². The summed E-state index contributed by atoms with van der Waals surface area (Å²) in [5, 5.41) is 0. The molecule has 6 heteroatoms. The van der Waals surface area contributed by atoms with Crippen LogP contribution in [0, 0.1) is 5.82 Å². The molecule has 0 bridgehead atoms. The number of fused-ring (bicyclic) bond motifs is 1. The molecule has 1 saturated carbocycles. The standard InChI is InChI=1S/C21H22FNO3S/c1-27(25,26)18-10-5-15-4-2-13-23(19(15)14-18)20(24)21(11-3-12-21)16-6-8-17(22)9-7-16/h5-10,14H,2-4,11-13H2,1H3. The maximum atomic E-state index is 13.6. The average molecular weight is 387 g/mol. The third kappa shape index (κ3) is 3.06. The zero-order chi connectivity index (χ0) is 19.2. The van der Waals surface area contributed by atoms with Gasteiger partial charge in [0.25, 0.3) is 0 Å². The van der Waals surface area contributed by atoms with Crippen molar-refractivity contribution in [1.82, 2.24) is 0 Å². The van der Waals surface area contributed by atoms with E-state index >= 15 is 0 Å². The first-order valence-electron chi connectivity index (χ1n) is 9.22. The molecule has 0 atom stereocenters. The molecule has 2 aliphatic rings. The maximum absolute atomic E-state index is 13.6. The molecule has 4 rings (SSSR count). The molecule has 1 amide bonds. The minimum atomic E-state index is -3.35. The zero-order valence-electron chi connectivity index (χ0n) is 15.2. The van der Waals surface area contributed by atoms with Gasteiger partial charge in [0.1, 0.15) is 5.82 Å². The highest BCUT2D eigenvalue weighted by Crippen LogP contribution is 2.46. The lowest BCUT2D eigenvalue weighted by atomic mass is 9.63. The lowest BCUT2D eigenvalue weighted by Crippen LogP contribution is -2.52. The third-order valence-electron chi connectivity index (χ3n) is 5.86. The van der Waals surface area contributed by atoms with Crippen LogP contribution in [0.3, 0.4) is 0 Å². The molecule has 0 aromatic heterocycles. The maximum Gasteiger partial charge on any atom is 0.237 e. The van der Waals surface area contributed by atoms with E-state index in [0.29, 0.717) is 12.2 Å². The van der Waals surface area contributed by atoms with E-state index in [1.165, 1.54) is 18.4 Å². The number of hydrogen-bond acceptors (Lipinski definition) is 3. The van der Waals surface area contributed by atoms with E-state index in [4.69, 9.17) is 0 Å². The summed E-state index contributed by atoms with van der Waals surface area (Å²) < 4.78 is 37.3. The van der Waals surface area contributed by atoms with Crippen LogP contribution in [0.5, 0.6) is 0 Å². The van der Waals surface area contributed by atoms with Gasteiger partial charge >= 0.3 is 0 Å². The van der Waals surface area contributed by atoms with Crippen LogP contribution in [0.25, 0.3) is 0 Å². The topological polar surface area (TPSA) is 54.5 Å². The molecule has 2 aromatic carbocycles. The molecular formula is C21H22FNO3S. The molecule has 1 heterocycles.